The van der Waals surface area contributed by atoms with Crippen LogP contribution >= 0.6 is 11.8 Å². The molecular formula is C19H20FN3OS. The summed E-state index contributed by atoms with van der Waals surface area (Å²) in [5.41, 5.74) is 1.85. The average Bonchev–Trinajstić information content (AvgIpc) is 3.02. The van der Waals surface area contributed by atoms with Crippen molar-refractivity contribution in [2.75, 3.05) is 0 Å². The molecule has 0 aliphatic rings. The Balaban J connectivity index is 1.66. The molecule has 0 atom stereocenters. The molecule has 25 heavy (non-hydrogen) atoms. The molecule has 0 fully saturated rings. The van der Waals surface area contributed by atoms with Gasteiger partial charge in [0.2, 0.25) is 0 Å². The number of ether oxygens (including phenoxy) is 1. The van der Waals surface area contributed by atoms with E-state index in [4.69, 9.17) is 4.74 Å². The number of halogens is 1. The molecule has 0 amide bonds. The molecule has 0 N–H and O–H groups in total. The van der Waals surface area contributed by atoms with Crippen LogP contribution in [-0.2, 0) is 18.9 Å². The Morgan fingerprint density at radius 1 is 1.08 bits per heavy atom. The van der Waals surface area contributed by atoms with Crippen LogP contribution in [-0.4, -0.2) is 14.8 Å². The van der Waals surface area contributed by atoms with E-state index in [-0.39, 0.29) is 5.82 Å². The first-order valence-electron chi connectivity index (χ1n) is 8.15. The quantitative estimate of drug-likeness (QED) is 0.579. The molecule has 0 saturated heterocycles. The van der Waals surface area contributed by atoms with Crippen molar-refractivity contribution in [1.82, 2.24) is 14.8 Å². The lowest BCUT2D eigenvalue weighted by atomic mass is 10.2. The number of aryl methyl sites for hydroxylation is 1. The second-order valence-corrected chi connectivity index (χ2v) is 6.57. The first-order valence-corrected chi connectivity index (χ1v) is 9.13. The van der Waals surface area contributed by atoms with Crippen molar-refractivity contribution < 1.29 is 9.13 Å². The van der Waals surface area contributed by atoms with E-state index in [0.29, 0.717) is 17.9 Å². The van der Waals surface area contributed by atoms with E-state index in [0.717, 1.165) is 23.3 Å². The van der Waals surface area contributed by atoms with Gasteiger partial charge in [-0.15, -0.1) is 10.2 Å². The van der Waals surface area contributed by atoms with Crippen LogP contribution in [0.5, 0.6) is 5.75 Å². The molecule has 0 aliphatic heterocycles. The summed E-state index contributed by atoms with van der Waals surface area (Å²) in [4.78, 5) is 0. The van der Waals surface area contributed by atoms with E-state index in [2.05, 4.69) is 10.2 Å². The van der Waals surface area contributed by atoms with Crippen molar-refractivity contribution in [2.24, 2.45) is 0 Å². The van der Waals surface area contributed by atoms with Crippen LogP contribution in [0.4, 0.5) is 4.39 Å². The predicted molar refractivity (Wildman–Crippen MR) is 97.2 cm³/mol. The molecule has 1 aromatic heterocycles. The van der Waals surface area contributed by atoms with E-state index in [1.807, 2.05) is 48.7 Å². The second-order valence-electron chi connectivity index (χ2n) is 5.62. The van der Waals surface area contributed by atoms with Gasteiger partial charge >= 0.3 is 0 Å². The maximum atomic E-state index is 13.7. The lowest BCUT2D eigenvalue weighted by Gasteiger charge is -2.09. The van der Waals surface area contributed by atoms with Crippen LogP contribution in [0.3, 0.4) is 0 Å². The minimum atomic E-state index is -0.194. The number of thioether (sulfide) groups is 1. The molecule has 3 aromatic rings. The van der Waals surface area contributed by atoms with Crippen molar-refractivity contribution in [3.8, 4) is 5.75 Å². The molecule has 0 bridgehead atoms. The van der Waals surface area contributed by atoms with E-state index in [1.54, 1.807) is 12.1 Å². The van der Waals surface area contributed by atoms with E-state index < -0.39 is 0 Å². The molecule has 0 aliphatic carbocycles. The summed E-state index contributed by atoms with van der Waals surface area (Å²) >= 11 is 1.48. The van der Waals surface area contributed by atoms with Gasteiger partial charge in [0.1, 0.15) is 18.2 Å². The van der Waals surface area contributed by atoms with Gasteiger partial charge in [0, 0.05) is 12.3 Å². The van der Waals surface area contributed by atoms with Gasteiger partial charge < -0.3 is 9.30 Å². The number of hydrogen-bond acceptors (Lipinski definition) is 4. The van der Waals surface area contributed by atoms with Crippen molar-refractivity contribution in [2.45, 2.75) is 37.9 Å². The van der Waals surface area contributed by atoms with Gasteiger partial charge in [-0.1, -0.05) is 47.7 Å². The number of aromatic nitrogens is 3. The fourth-order valence-electron chi connectivity index (χ4n) is 2.39. The summed E-state index contributed by atoms with van der Waals surface area (Å²) in [7, 11) is 0. The molecule has 3 rings (SSSR count). The molecule has 0 saturated carbocycles. The van der Waals surface area contributed by atoms with E-state index in [1.165, 1.54) is 23.4 Å². The van der Waals surface area contributed by atoms with Gasteiger partial charge in [-0.3, -0.25) is 0 Å². The molecule has 0 radical (unpaired) electrons. The SMILES string of the molecule is CCn1c(COc2ccc(C)cc2)nnc1SCc1ccccc1F. The molecule has 1 heterocycles. The minimum absolute atomic E-state index is 0.194. The topological polar surface area (TPSA) is 39.9 Å². The summed E-state index contributed by atoms with van der Waals surface area (Å²) in [6, 6.07) is 14.7. The molecule has 130 valence electrons. The lowest BCUT2D eigenvalue weighted by molar-refractivity contribution is 0.288. The first-order chi connectivity index (χ1) is 12.2. The summed E-state index contributed by atoms with van der Waals surface area (Å²) < 4.78 is 21.5. The standard InChI is InChI=1S/C19H20FN3OS/c1-3-23-18(12-24-16-10-8-14(2)9-11-16)21-22-19(23)25-13-15-6-4-5-7-17(15)20/h4-11H,3,12-13H2,1-2H3. The average molecular weight is 357 g/mol. The van der Waals surface area contributed by atoms with Gasteiger partial charge in [-0.2, -0.15) is 0 Å². The van der Waals surface area contributed by atoms with Crippen molar-refractivity contribution in [3.63, 3.8) is 0 Å². The van der Waals surface area contributed by atoms with Crippen molar-refractivity contribution >= 4 is 11.8 Å². The van der Waals surface area contributed by atoms with Gasteiger partial charge in [-0.25, -0.2) is 4.39 Å². The normalized spacial score (nSPS) is 10.8. The Morgan fingerprint density at radius 2 is 1.84 bits per heavy atom. The third-order valence-corrected chi connectivity index (χ3v) is 4.83. The maximum absolute atomic E-state index is 13.7. The van der Waals surface area contributed by atoms with Gasteiger partial charge in [0.25, 0.3) is 0 Å². The third kappa shape index (κ3) is 4.39. The summed E-state index contributed by atoms with van der Waals surface area (Å²) in [5.74, 6) is 1.89. The van der Waals surface area contributed by atoms with Gasteiger partial charge in [-0.05, 0) is 37.6 Å². The Labute approximate surface area is 151 Å². The first kappa shape index (κ1) is 17.5. The van der Waals surface area contributed by atoms with Gasteiger partial charge in [0.05, 0.1) is 0 Å². The third-order valence-electron chi connectivity index (χ3n) is 3.81. The Morgan fingerprint density at radius 3 is 2.56 bits per heavy atom. The zero-order valence-electron chi connectivity index (χ0n) is 14.3. The zero-order chi connectivity index (χ0) is 17.6. The fourth-order valence-corrected chi connectivity index (χ4v) is 3.40. The molecule has 0 spiro atoms. The zero-order valence-corrected chi connectivity index (χ0v) is 15.1. The molecule has 0 unspecified atom stereocenters. The Hall–Kier alpha value is -2.34. The number of benzene rings is 2. The predicted octanol–water partition coefficient (Wildman–Crippen LogP) is 4.62. The van der Waals surface area contributed by atoms with E-state index in [9.17, 15) is 4.39 Å². The summed E-state index contributed by atoms with van der Waals surface area (Å²) in [6.07, 6.45) is 0. The molecule has 2 aromatic carbocycles. The fraction of sp³-hybridized carbons (Fsp3) is 0.263. The second kappa shape index (κ2) is 8.16. The van der Waals surface area contributed by atoms with Gasteiger partial charge in [0.15, 0.2) is 11.0 Å². The smallest absolute Gasteiger partial charge is 0.191 e. The van der Waals surface area contributed by atoms with Crippen LogP contribution < -0.4 is 4.74 Å². The number of nitrogens with zero attached hydrogens (tertiary/aromatic N) is 3. The highest BCUT2D eigenvalue weighted by Gasteiger charge is 2.13. The van der Waals surface area contributed by atoms with Crippen LogP contribution in [0.2, 0.25) is 0 Å². The molecule has 4 nitrogen and oxygen atoms in total. The molecular weight excluding hydrogens is 337 g/mol. The highest BCUT2D eigenvalue weighted by atomic mass is 32.2. The van der Waals surface area contributed by atoms with Crippen LogP contribution in [0.1, 0.15) is 23.9 Å². The Bertz CT molecular complexity index is 833. The number of rotatable bonds is 7. The summed E-state index contributed by atoms with van der Waals surface area (Å²) in [6.45, 7) is 5.16. The highest BCUT2D eigenvalue weighted by molar-refractivity contribution is 7.98. The summed E-state index contributed by atoms with van der Waals surface area (Å²) in [5, 5.41) is 9.23. The lowest BCUT2D eigenvalue weighted by Crippen LogP contribution is -2.07. The van der Waals surface area contributed by atoms with E-state index >= 15 is 0 Å². The number of hydrogen-bond donors (Lipinski definition) is 0. The molecule has 6 heteroatoms. The minimum Gasteiger partial charge on any atom is -0.486 e. The van der Waals surface area contributed by atoms with Crippen molar-refractivity contribution in [1.29, 1.82) is 0 Å². The highest BCUT2D eigenvalue weighted by Crippen LogP contribution is 2.24. The van der Waals surface area contributed by atoms with Crippen LogP contribution in [0, 0.1) is 12.7 Å². The van der Waals surface area contributed by atoms with Crippen molar-refractivity contribution in [3.05, 3.63) is 71.3 Å². The van der Waals surface area contributed by atoms with Crippen LogP contribution in [0.25, 0.3) is 0 Å². The maximum Gasteiger partial charge on any atom is 0.191 e. The monoisotopic (exact) mass is 357 g/mol. The Kier molecular flexibility index (Phi) is 5.71. The van der Waals surface area contributed by atoms with Crippen LogP contribution in [0.15, 0.2) is 53.7 Å². The largest absolute Gasteiger partial charge is 0.486 e.